The molecular weight excluding hydrogens is 312 g/mol. The SMILES string of the molecule is CCc1ccccc1NC(=O)Cn1ccc(=O)c2c(C)cc(C)cc21. The summed E-state index contributed by atoms with van der Waals surface area (Å²) in [5.41, 5.74) is 4.73. The number of rotatable bonds is 4. The Bertz CT molecular complexity index is 1000. The molecule has 4 heteroatoms. The van der Waals surface area contributed by atoms with Gasteiger partial charge in [0.15, 0.2) is 5.43 Å². The molecule has 0 aliphatic carbocycles. The van der Waals surface area contributed by atoms with Gasteiger partial charge in [-0.15, -0.1) is 0 Å². The molecule has 0 fully saturated rings. The van der Waals surface area contributed by atoms with Crippen LogP contribution < -0.4 is 10.7 Å². The van der Waals surface area contributed by atoms with E-state index in [0.29, 0.717) is 5.39 Å². The van der Waals surface area contributed by atoms with Crippen LogP contribution in [0, 0.1) is 13.8 Å². The van der Waals surface area contributed by atoms with Crippen molar-refractivity contribution in [3.8, 4) is 0 Å². The Morgan fingerprint density at radius 2 is 1.88 bits per heavy atom. The summed E-state index contributed by atoms with van der Waals surface area (Å²) >= 11 is 0. The number of anilines is 1. The minimum absolute atomic E-state index is 0.0134. The number of hydrogen-bond acceptors (Lipinski definition) is 2. The average molecular weight is 334 g/mol. The first-order valence-electron chi connectivity index (χ1n) is 8.47. The number of aryl methyl sites for hydroxylation is 3. The zero-order valence-electron chi connectivity index (χ0n) is 14.8. The number of fused-ring (bicyclic) bond motifs is 1. The smallest absolute Gasteiger partial charge is 0.244 e. The molecule has 128 valence electrons. The van der Waals surface area contributed by atoms with Crippen LogP contribution in [0.3, 0.4) is 0 Å². The predicted molar refractivity (Wildman–Crippen MR) is 102 cm³/mol. The van der Waals surface area contributed by atoms with Gasteiger partial charge in [-0.2, -0.15) is 0 Å². The van der Waals surface area contributed by atoms with Crippen LogP contribution in [0.5, 0.6) is 0 Å². The van der Waals surface area contributed by atoms with Crippen LogP contribution in [0.1, 0.15) is 23.6 Å². The lowest BCUT2D eigenvalue weighted by molar-refractivity contribution is -0.116. The average Bonchev–Trinajstić information content (AvgIpc) is 2.57. The van der Waals surface area contributed by atoms with Crippen molar-refractivity contribution in [1.82, 2.24) is 4.57 Å². The Labute approximate surface area is 147 Å². The number of nitrogens with one attached hydrogen (secondary N) is 1. The molecule has 0 saturated carbocycles. The lowest BCUT2D eigenvalue weighted by Crippen LogP contribution is -2.21. The van der Waals surface area contributed by atoms with Crippen molar-refractivity contribution in [2.75, 3.05) is 5.32 Å². The minimum atomic E-state index is -0.106. The molecule has 0 bridgehead atoms. The maximum Gasteiger partial charge on any atom is 0.244 e. The zero-order valence-corrected chi connectivity index (χ0v) is 14.8. The van der Waals surface area contributed by atoms with Gasteiger partial charge in [-0.25, -0.2) is 0 Å². The summed E-state index contributed by atoms with van der Waals surface area (Å²) < 4.78 is 1.83. The monoisotopic (exact) mass is 334 g/mol. The second-order valence-electron chi connectivity index (χ2n) is 6.34. The Kier molecular flexibility index (Phi) is 4.70. The molecule has 1 aromatic heterocycles. The number of amides is 1. The maximum atomic E-state index is 12.5. The van der Waals surface area contributed by atoms with Crippen molar-refractivity contribution < 1.29 is 4.79 Å². The van der Waals surface area contributed by atoms with E-state index < -0.39 is 0 Å². The molecule has 0 atom stereocenters. The molecule has 1 heterocycles. The van der Waals surface area contributed by atoms with Crippen LogP contribution in [0.2, 0.25) is 0 Å². The number of benzene rings is 2. The number of carbonyl (C=O) groups is 1. The molecule has 0 saturated heterocycles. The second kappa shape index (κ2) is 6.93. The highest BCUT2D eigenvalue weighted by molar-refractivity contribution is 5.92. The first-order valence-corrected chi connectivity index (χ1v) is 8.47. The molecule has 1 amide bonds. The van der Waals surface area contributed by atoms with Gasteiger partial charge in [-0.3, -0.25) is 9.59 Å². The minimum Gasteiger partial charge on any atom is -0.338 e. The van der Waals surface area contributed by atoms with Crippen LogP contribution in [-0.4, -0.2) is 10.5 Å². The number of carbonyl (C=O) groups excluding carboxylic acids is 1. The predicted octanol–water partition coefficient (Wildman–Crippen LogP) is 3.82. The van der Waals surface area contributed by atoms with Crippen molar-refractivity contribution in [1.29, 1.82) is 0 Å². The summed E-state index contributed by atoms with van der Waals surface area (Å²) in [5.74, 6) is -0.106. The molecule has 0 unspecified atom stereocenters. The van der Waals surface area contributed by atoms with E-state index in [-0.39, 0.29) is 17.9 Å². The van der Waals surface area contributed by atoms with Crippen LogP contribution in [0.25, 0.3) is 10.9 Å². The maximum absolute atomic E-state index is 12.5. The Morgan fingerprint density at radius 3 is 2.64 bits per heavy atom. The third kappa shape index (κ3) is 3.48. The van der Waals surface area contributed by atoms with E-state index in [9.17, 15) is 9.59 Å². The van der Waals surface area contributed by atoms with E-state index in [4.69, 9.17) is 0 Å². The number of pyridine rings is 1. The van der Waals surface area contributed by atoms with Crippen LogP contribution >= 0.6 is 0 Å². The Hall–Kier alpha value is -2.88. The second-order valence-corrected chi connectivity index (χ2v) is 6.34. The van der Waals surface area contributed by atoms with Crippen molar-refractivity contribution in [3.05, 3.63) is 75.6 Å². The van der Waals surface area contributed by atoms with Crippen molar-refractivity contribution in [2.24, 2.45) is 0 Å². The van der Waals surface area contributed by atoms with E-state index in [0.717, 1.165) is 34.3 Å². The van der Waals surface area contributed by atoms with Gasteiger partial charge in [0, 0.05) is 23.3 Å². The summed E-state index contributed by atoms with van der Waals surface area (Å²) in [7, 11) is 0. The molecule has 3 aromatic rings. The van der Waals surface area contributed by atoms with Crippen molar-refractivity contribution in [2.45, 2.75) is 33.7 Å². The Morgan fingerprint density at radius 1 is 1.12 bits per heavy atom. The quantitative estimate of drug-likeness (QED) is 0.788. The number of hydrogen-bond donors (Lipinski definition) is 1. The Balaban J connectivity index is 1.94. The fraction of sp³-hybridized carbons (Fsp3) is 0.238. The van der Waals surface area contributed by atoms with Gasteiger partial charge in [-0.05, 0) is 49.1 Å². The normalized spacial score (nSPS) is 10.8. The van der Waals surface area contributed by atoms with Gasteiger partial charge in [0.05, 0.1) is 5.52 Å². The summed E-state index contributed by atoms with van der Waals surface area (Å²) in [6.07, 6.45) is 2.55. The van der Waals surface area contributed by atoms with E-state index in [2.05, 4.69) is 12.2 Å². The molecule has 25 heavy (non-hydrogen) atoms. The molecule has 0 radical (unpaired) electrons. The molecule has 1 N–H and O–H groups in total. The molecule has 4 nitrogen and oxygen atoms in total. The summed E-state index contributed by atoms with van der Waals surface area (Å²) in [6, 6.07) is 13.3. The van der Waals surface area contributed by atoms with Gasteiger partial charge in [0.25, 0.3) is 0 Å². The number of para-hydroxylation sites is 1. The van der Waals surface area contributed by atoms with Gasteiger partial charge in [-0.1, -0.05) is 31.2 Å². The summed E-state index contributed by atoms with van der Waals surface area (Å²) in [5, 5.41) is 3.66. The standard InChI is InChI=1S/C21H22N2O2/c1-4-16-7-5-6-8-17(16)22-20(25)13-23-10-9-19(24)21-15(3)11-14(2)12-18(21)23/h5-12H,4,13H2,1-3H3,(H,22,25). The molecular formula is C21H22N2O2. The van der Waals surface area contributed by atoms with E-state index in [1.54, 1.807) is 6.20 Å². The van der Waals surface area contributed by atoms with Crippen LogP contribution in [-0.2, 0) is 17.8 Å². The third-order valence-electron chi connectivity index (χ3n) is 4.41. The lowest BCUT2D eigenvalue weighted by Gasteiger charge is -2.14. The first kappa shape index (κ1) is 17.0. The van der Waals surface area contributed by atoms with Crippen molar-refractivity contribution >= 4 is 22.5 Å². The number of nitrogens with zero attached hydrogens (tertiary/aromatic N) is 1. The first-order chi connectivity index (χ1) is 12.0. The lowest BCUT2D eigenvalue weighted by atomic mass is 10.1. The van der Waals surface area contributed by atoms with Crippen LogP contribution in [0.15, 0.2) is 53.5 Å². The van der Waals surface area contributed by atoms with Gasteiger partial charge >= 0.3 is 0 Å². The van der Waals surface area contributed by atoms with E-state index in [1.807, 2.05) is 54.8 Å². The van der Waals surface area contributed by atoms with Gasteiger partial charge in [0.2, 0.25) is 5.91 Å². The topological polar surface area (TPSA) is 51.1 Å². The summed E-state index contributed by atoms with van der Waals surface area (Å²) in [4.78, 5) is 24.7. The number of aromatic nitrogens is 1. The van der Waals surface area contributed by atoms with E-state index >= 15 is 0 Å². The fourth-order valence-corrected chi connectivity index (χ4v) is 3.25. The van der Waals surface area contributed by atoms with Crippen molar-refractivity contribution in [3.63, 3.8) is 0 Å². The largest absolute Gasteiger partial charge is 0.338 e. The molecule has 0 spiro atoms. The third-order valence-corrected chi connectivity index (χ3v) is 4.41. The molecule has 3 rings (SSSR count). The van der Waals surface area contributed by atoms with Crippen LogP contribution in [0.4, 0.5) is 5.69 Å². The van der Waals surface area contributed by atoms with Gasteiger partial charge < -0.3 is 9.88 Å². The summed E-state index contributed by atoms with van der Waals surface area (Å²) in [6.45, 7) is 6.15. The zero-order chi connectivity index (χ0) is 18.0. The molecule has 0 aliphatic rings. The highest BCUT2D eigenvalue weighted by atomic mass is 16.2. The highest BCUT2D eigenvalue weighted by Gasteiger charge is 2.11. The molecule has 2 aromatic carbocycles. The van der Waals surface area contributed by atoms with E-state index in [1.165, 1.54) is 6.07 Å². The highest BCUT2D eigenvalue weighted by Crippen LogP contribution is 2.18. The fourth-order valence-electron chi connectivity index (χ4n) is 3.25. The molecule has 0 aliphatic heterocycles. The van der Waals surface area contributed by atoms with Gasteiger partial charge in [0.1, 0.15) is 6.54 Å².